The first-order valence-corrected chi connectivity index (χ1v) is 12.0. The van der Waals surface area contributed by atoms with E-state index in [9.17, 15) is 9.59 Å². The van der Waals surface area contributed by atoms with Crippen molar-refractivity contribution in [1.82, 2.24) is 9.97 Å². The zero-order chi connectivity index (χ0) is 25.8. The maximum atomic E-state index is 12.7. The van der Waals surface area contributed by atoms with Crippen LogP contribution in [0.4, 0.5) is 5.69 Å². The van der Waals surface area contributed by atoms with Crippen molar-refractivity contribution >= 4 is 40.2 Å². The van der Waals surface area contributed by atoms with Crippen molar-refractivity contribution < 1.29 is 14.3 Å². The smallest absolute Gasteiger partial charge is 0.338 e. The Kier molecular flexibility index (Phi) is 6.92. The number of halogens is 1. The van der Waals surface area contributed by atoms with Crippen LogP contribution in [-0.2, 0) is 9.53 Å². The molecule has 5 aromatic rings. The lowest BCUT2D eigenvalue weighted by molar-refractivity contribution is -0.119. The van der Waals surface area contributed by atoms with Crippen LogP contribution in [0.15, 0.2) is 97.1 Å². The molecule has 1 aromatic heterocycles. The number of rotatable bonds is 6. The second kappa shape index (κ2) is 10.6. The molecule has 37 heavy (non-hydrogen) atoms. The Bertz CT molecular complexity index is 1610. The molecule has 0 bridgehead atoms. The van der Waals surface area contributed by atoms with E-state index in [0.29, 0.717) is 27.4 Å². The number of aromatic nitrogens is 2. The number of nitrogens with one attached hydrogen (secondary N) is 1. The van der Waals surface area contributed by atoms with E-state index < -0.39 is 18.5 Å². The van der Waals surface area contributed by atoms with Crippen LogP contribution < -0.4 is 5.32 Å². The summed E-state index contributed by atoms with van der Waals surface area (Å²) < 4.78 is 5.26. The summed E-state index contributed by atoms with van der Waals surface area (Å²) in [5, 5.41) is 3.25. The fraction of sp³-hybridized carbons (Fsp3) is 0.0667. The molecule has 4 aromatic carbocycles. The first-order chi connectivity index (χ1) is 18.0. The molecule has 1 heterocycles. The van der Waals surface area contributed by atoms with Crippen molar-refractivity contribution in [2.45, 2.75) is 6.92 Å². The molecule has 1 amide bonds. The molecule has 5 rings (SSSR count). The minimum atomic E-state index is -0.630. The molecule has 1 N–H and O–H groups in total. The largest absolute Gasteiger partial charge is 0.452 e. The number of esters is 1. The van der Waals surface area contributed by atoms with E-state index in [1.54, 1.807) is 43.3 Å². The summed E-state index contributed by atoms with van der Waals surface area (Å²) in [6.07, 6.45) is 0. The van der Waals surface area contributed by atoms with Gasteiger partial charge in [0.05, 0.1) is 28.0 Å². The Labute approximate surface area is 218 Å². The summed E-state index contributed by atoms with van der Waals surface area (Å²) in [6.45, 7) is 1.36. The van der Waals surface area contributed by atoms with Gasteiger partial charge in [-0.05, 0) is 42.8 Å². The van der Waals surface area contributed by atoms with Gasteiger partial charge in [-0.1, -0.05) is 78.3 Å². The molecule has 0 aliphatic heterocycles. The lowest BCUT2D eigenvalue weighted by atomic mass is 10.0. The molecule has 0 saturated heterocycles. The molecule has 0 radical (unpaired) electrons. The van der Waals surface area contributed by atoms with Crippen LogP contribution in [0, 0.1) is 6.92 Å². The Morgan fingerprint density at radius 2 is 1.41 bits per heavy atom. The Balaban J connectivity index is 1.40. The average Bonchev–Trinajstić information content (AvgIpc) is 2.94. The van der Waals surface area contributed by atoms with Gasteiger partial charge in [-0.25, -0.2) is 14.8 Å². The first kappa shape index (κ1) is 24.2. The highest BCUT2D eigenvalue weighted by Gasteiger charge is 2.16. The van der Waals surface area contributed by atoms with Crippen LogP contribution in [0.2, 0.25) is 5.02 Å². The summed E-state index contributed by atoms with van der Waals surface area (Å²) in [7, 11) is 0. The molecular formula is C30H22ClN3O3. The number of carbonyl (C=O) groups excluding carboxylic acids is 2. The van der Waals surface area contributed by atoms with Crippen molar-refractivity contribution in [1.29, 1.82) is 0 Å². The van der Waals surface area contributed by atoms with Crippen molar-refractivity contribution in [2.75, 3.05) is 11.9 Å². The van der Waals surface area contributed by atoms with Crippen molar-refractivity contribution in [3.05, 3.63) is 113 Å². The molecule has 0 atom stereocenters. The van der Waals surface area contributed by atoms with Gasteiger partial charge < -0.3 is 10.1 Å². The van der Waals surface area contributed by atoms with E-state index in [2.05, 4.69) is 5.32 Å². The SMILES string of the molecule is Cc1c(Cl)cccc1NC(=O)COC(=O)c1ccc2nc(-c3ccccc3)c(-c3ccccc3)nc2c1. The number of nitrogens with zero attached hydrogens (tertiary/aromatic N) is 2. The number of hydrogen-bond acceptors (Lipinski definition) is 5. The minimum Gasteiger partial charge on any atom is -0.452 e. The molecule has 0 aliphatic rings. The number of anilines is 1. The maximum absolute atomic E-state index is 12.7. The molecule has 7 heteroatoms. The van der Waals surface area contributed by atoms with Gasteiger partial charge in [0.15, 0.2) is 6.61 Å². The van der Waals surface area contributed by atoms with Crippen molar-refractivity contribution in [3.8, 4) is 22.5 Å². The zero-order valence-electron chi connectivity index (χ0n) is 19.9. The van der Waals surface area contributed by atoms with Crippen molar-refractivity contribution in [2.24, 2.45) is 0 Å². The summed E-state index contributed by atoms with van der Waals surface area (Å²) in [6, 6.07) is 29.8. The number of ether oxygens (including phenoxy) is 1. The van der Waals surface area contributed by atoms with Gasteiger partial charge in [-0.2, -0.15) is 0 Å². The lowest BCUT2D eigenvalue weighted by Crippen LogP contribution is -2.21. The Morgan fingerprint density at radius 3 is 2.05 bits per heavy atom. The molecule has 0 unspecified atom stereocenters. The van der Waals surface area contributed by atoms with Gasteiger partial charge in [0.1, 0.15) is 0 Å². The van der Waals surface area contributed by atoms with Crippen LogP contribution >= 0.6 is 11.6 Å². The summed E-state index contributed by atoms with van der Waals surface area (Å²) in [4.78, 5) is 34.8. The fourth-order valence-corrected chi connectivity index (χ4v) is 4.09. The van der Waals surface area contributed by atoms with Gasteiger partial charge >= 0.3 is 5.97 Å². The molecule has 0 fully saturated rings. The fourth-order valence-electron chi connectivity index (χ4n) is 3.92. The van der Waals surface area contributed by atoms with Gasteiger partial charge in [-0.3, -0.25) is 4.79 Å². The quantitative estimate of drug-likeness (QED) is 0.258. The van der Waals surface area contributed by atoms with Gasteiger partial charge in [0.2, 0.25) is 0 Å². The van der Waals surface area contributed by atoms with E-state index >= 15 is 0 Å². The minimum absolute atomic E-state index is 0.278. The van der Waals surface area contributed by atoms with E-state index in [4.69, 9.17) is 26.3 Å². The molecule has 182 valence electrons. The molecular weight excluding hydrogens is 486 g/mol. The monoisotopic (exact) mass is 507 g/mol. The Morgan fingerprint density at radius 1 is 0.784 bits per heavy atom. The van der Waals surface area contributed by atoms with Crippen LogP contribution in [0.25, 0.3) is 33.5 Å². The standard InChI is InChI=1S/C30H22ClN3O3/c1-19-23(31)13-8-14-24(19)32-27(35)18-37-30(36)22-15-16-25-26(17-22)34-29(21-11-6-3-7-12-21)28(33-25)20-9-4-2-5-10-20/h2-17H,18H2,1H3,(H,32,35). The molecule has 0 saturated carbocycles. The second-order valence-corrected chi connectivity index (χ2v) is 8.80. The van der Waals surface area contributed by atoms with Crippen LogP contribution in [0.5, 0.6) is 0 Å². The highest BCUT2D eigenvalue weighted by Crippen LogP contribution is 2.31. The lowest BCUT2D eigenvalue weighted by Gasteiger charge is -2.12. The molecule has 0 aliphatic carbocycles. The van der Waals surface area contributed by atoms with E-state index in [1.807, 2.05) is 60.7 Å². The molecule has 0 spiro atoms. The van der Waals surface area contributed by atoms with Crippen molar-refractivity contribution in [3.63, 3.8) is 0 Å². The highest BCUT2D eigenvalue weighted by molar-refractivity contribution is 6.31. The number of benzene rings is 4. The first-order valence-electron chi connectivity index (χ1n) is 11.6. The number of fused-ring (bicyclic) bond motifs is 1. The predicted octanol–water partition coefficient (Wildman–Crippen LogP) is 6.72. The van der Waals surface area contributed by atoms with Crippen LogP contribution in [0.1, 0.15) is 15.9 Å². The second-order valence-electron chi connectivity index (χ2n) is 8.39. The van der Waals surface area contributed by atoms with E-state index in [0.717, 1.165) is 22.4 Å². The third kappa shape index (κ3) is 5.34. The normalized spacial score (nSPS) is 10.8. The number of hydrogen-bond donors (Lipinski definition) is 1. The summed E-state index contributed by atoms with van der Waals surface area (Å²) >= 11 is 6.10. The highest BCUT2D eigenvalue weighted by atomic mass is 35.5. The van der Waals surface area contributed by atoms with Crippen LogP contribution in [0.3, 0.4) is 0 Å². The van der Waals surface area contributed by atoms with E-state index in [1.165, 1.54) is 0 Å². The van der Waals surface area contributed by atoms with Gasteiger partial charge in [0.25, 0.3) is 5.91 Å². The summed E-state index contributed by atoms with van der Waals surface area (Å²) in [5.41, 5.74) is 6.09. The van der Waals surface area contributed by atoms with E-state index in [-0.39, 0.29) is 5.56 Å². The maximum Gasteiger partial charge on any atom is 0.338 e. The average molecular weight is 508 g/mol. The number of amides is 1. The van der Waals surface area contributed by atoms with Crippen LogP contribution in [-0.4, -0.2) is 28.5 Å². The zero-order valence-corrected chi connectivity index (χ0v) is 20.7. The third-order valence-electron chi connectivity index (χ3n) is 5.87. The topological polar surface area (TPSA) is 81.2 Å². The third-order valence-corrected chi connectivity index (χ3v) is 6.28. The van der Waals surface area contributed by atoms with Gasteiger partial charge in [0, 0.05) is 21.8 Å². The Hall–Kier alpha value is -4.55. The molecule has 6 nitrogen and oxygen atoms in total. The predicted molar refractivity (Wildman–Crippen MR) is 146 cm³/mol. The number of carbonyl (C=O) groups is 2. The summed E-state index contributed by atoms with van der Waals surface area (Å²) in [5.74, 6) is -1.09. The van der Waals surface area contributed by atoms with Gasteiger partial charge in [-0.15, -0.1) is 0 Å².